The minimum absolute atomic E-state index is 0.0243. The molecule has 2 heterocycles. The van der Waals surface area contributed by atoms with Gasteiger partial charge in [0.15, 0.2) is 0 Å². The summed E-state index contributed by atoms with van der Waals surface area (Å²) in [5, 5.41) is 2.18. The Hall–Kier alpha value is -0.870. The smallest absolute Gasteiger partial charge is 0.224 e. The Morgan fingerprint density at radius 3 is 3.05 bits per heavy atom. The molecule has 0 spiro atoms. The summed E-state index contributed by atoms with van der Waals surface area (Å²) >= 11 is 1.85. The maximum absolute atomic E-state index is 12.6. The SMILES string of the molecule is CCCC(N)CC(=O)N1CCc2sccc2C1C1CC1. The molecule has 2 atom stereocenters. The molecule has 1 aliphatic carbocycles. The maximum Gasteiger partial charge on any atom is 0.224 e. The van der Waals surface area contributed by atoms with Crippen LogP contribution in [0.25, 0.3) is 0 Å². The summed E-state index contributed by atoms with van der Waals surface area (Å²) in [6.45, 7) is 3.00. The van der Waals surface area contributed by atoms with Crippen molar-refractivity contribution in [1.29, 1.82) is 0 Å². The summed E-state index contributed by atoms with van der Waals surface area (Å²) in [7, 11) is 0. The second-order valence-corrected chi connectivity index (χ2v) is 7.17. The third kappa shape index (κ3) is 2.77. The van der Waals surface area contributed by atoms with E-state index in [1.807, 2.05) is 11.3 Å². The van der Waals surface area contributed by atoms with E-state index in [9.17, 15) is 4.79 Å². The van der Waals surface area contributed by atoms with Gasteiger partial charge in [0.2, 0.25) is 5.91 Å². The fourth-order valence-corrected chi connectivity index (χ4v) is 4.27. The van der Waals surface area contributed by atoms with Crippen LogP contribution in [0.4, 0.5) is 0 Å². The van der Waals surface area contributed by atoms with Crippen LogP contribution in [0.1, 0.15) is 55.5 Å². The number of thiophene rings is 1. The maximum atomic E-state index is 12.6. The van der Waals surface area contributed by atoms with Crippen LogP contribution < -0.4 is 5.73 Å². The van der Waals surface area contributed by atoms with Crippen LogP contribution in [0.3, 0.4) is 0 Å². The van der Waals surface area contributed by atoms with Gasteiger partial charge in [-0.15, -0.1) is 11.3 Å². The predicted octanol–water partition coefficient (Wildman–Crippen LogP) is 3.10. The second-order valence-electron chi connectivity index (χ2n) is 6.17. The van der Waals surface area contributed by atoms with Gasteiger partial charge in [-0.05, 0) is 48.6 Å². The number of nitrogens with two attached hydrogens (primary N) is 1. The molecule has 1 amide bonds. The highest BCUT2D eigenvalue weighted by Gasteiger charge is 2.41. The van der Waals surface area contributed by atoms with E-state index < -0.39 is 0 Å². The first kappa shape index (κ1) is 14.1. The number of nitrogens with zero attached hydrogens (tertiary/aromatic N) is 1. The molecule has 2 unspecified atom stereocenters. The van der Waals surface area contributed by atoms with E-state index >= 15 is 0 Å². The Morgan fingerprint density at radius 1 is 1.55 bits per heavy atom. The molecule has 0 radical (unpaired) electrons. The minimum atomic E-state index is 0.0243. The van der Waals surface area contributed by atoms with Crippen molar-refractivity contribution in [2.24, 2.45) is 11.7 Å². The van der Waals surface area contributed by atoms with Crippen molar-refractivity contribution in [3.05, 3.63) is 21.9 Å². The van der Waals surface area contributed by atoms with E-state index in [-0.39, 0.29) is 11.9 Å². The normalized spacial score (nSPS) is 23.5. The van der Waals surface area contributed by atoms with Crippen LogP contribution in [0.5, 0.6) is 0 Å². The topological polar surface area (TPSA) is 46.3 Å². The van der Waals surface area contributed by atoms with E-state index in [4.69, 9.17) is 5.73 Å². The Balaban J connectivity index is 1.74. The zero-order valence-corrected chi connectivity index (χ0v) is 13.0. The van der Waals surface area contributed by atoms with Gasteiger partial charge in [0, 0.05) is 23.9 Å². The highest BCUT2D eigenvalue weighted by molar-refractivity contribution is 7.10. The number of fused-ring (bicyclic) bond motifs is 1. The van der Waals surface area contributed by atoms with Gasteiger partial charge in [0.05, 0.1) is 6.04 Å². The Morgan fingerprint density at radius 2 is 2.35 bits per heavy atom. The molecule has 1 fully saturated rings. The van der Waals surface area contributed by atoms with Gasteiger partial charge in [0.25, 0.3) is 0 Å². The van der Waals surface area contributed by atoms with Crippen molar-refractivity contribution in [1.82, 2.24) is 4.90 Å². The average molecular weight is 292 g/mol. The largest absolute Gasteiger partial charge is 0.335 e. The quantitative estimate of drug-likeness (QED) is 0.906. The molecule has 2 N–H and O–H groups in total. The van der Waals surface area contributed by atoms with Crippen LogP contribution in [0, 0.1) is 5.92 Å². The summed E-state index contributed by atoms with van der Waals surface area (Å²) in [6, 6.07) is 2.59. The number of carbonyl (C=O) groups is 1. The lowest BCUT2D eigenvalue weighted by molar-refractivity contribution is -0.135. The fraction of sp³-hybridized carbons (Fsp3) is 0.688. The highest BCUT2D eigenvalue weighted by atomic mass is 32.1. The van der Waals surface area contributed by atoms with Crippen molar-refractivity contribution in [2.45, 2.75) is 57.5 Å². The number of carbonyl (C=O) groups excluding carboxylic acids is 1. The molecule has 3 nitrogen and oxygen atoms in total. The molecule has 3 rings (SSSR count). The van der Waals surface area contributed by atoms with Gasteiger partial charge in [-0.25, -0.2) is 0 Å². The third-order valence-electron chi connectivity index (χ3n) is 4.50. The molecular formula is C16H24N2OS. The molecule has 0 aromatic carbocycles. The first-order valence-corrected chi connectivity index (χ1v) is 8.70. The molecule has 1 aromatic heterocycles. The number of amides is 1. The first-order valence-electron chi connectivity index (χ1n) is 7.82. The van der Waals surface area contributed by atoms with Gasteiger partial charge in [-0.3, -0.25) is 4.79 Å². The lowest BCUT2D eigenvalue weighted by Crippen LogP contribution is -2.42. The summed E-state index contributed by atoms with van der Waals surface area (Å²) in [5.41, 5.74) is 7.48. The summed E-state index contributed by atoms with van der Waals surface area (Å²) in [5.74, 6) is 0.953. The number of rotatable bonds is 5. The Kier molecular flexibility index (Phi) is 4.13. The van der Waals surface area contributed by atoms with Crippen molar-refractivity contribution >= 4 is 17.2 Å². The lowest BCUT2D eigenvalue weighted by atomic mass is 9.95. The van der Waals surface area contributed by atoms with Gasteiger partial charge in [-0.1, -0.05) is 13.3 Å². The third-order valence-corrected chi connectivity index (χ3v) is 5.50. The molecule has 2 aliphatic rings. The van der Waals surface area contributed by atoms with Gasteiger partial charge in [-0.2, -0.15) is 0 Å². The van der Waals surface area contributed by atoms with Crippen molar-refractivity contribution in [3.63, 3.8) is 0 Å². The molecule has 0 bridgehead atoms. The molecule has 0 saturated heterocycles. The molecular weight excluding hydrogens is 268 g/mol. The predicted molar refractivity (Wildman–Crippen MR) is 82.7 cm³/mol. The molecule has 110 valence electrons. The average Bonchev–Trinajstić information content (AvgIpc) is 3.14. The first-order chi connectivity index (χ1) is 9.70. The monoisotopic (exact) mass is 292 g/mol. The van der Waals surface area contributed by atoms with Crippen LogP contribution in [0.2, 0.25) is 0 Å². The summed E-state index contributed by atoms with van der Waals surface area (Å²) < 4.78 is 0. The van der Waals surface area contributed by atoms with Crippen LogP contribution in [0.15, 0.2) is 11.4 Å². The fourth-order valence-electron chi connectivity index (χ4n) is 3.36. The number of hydrogen-bond donors (Lipinski definition) is 1. The van der Waals surface area contributed by atoms with Gasteiger partial charge < -0.3 is 10.6 Å². The minimum Gasteiger partial charge on any atom is -0.335 e. The molecule has 20 heavy (non-hydrogen) atoms. The van der Waals surface area contributed by atoms with Crippen LogP contribution in [-0.4, -0.2) is 23.4 Å². The van der Waals surface area contributed by atoms with E-state index in [0.29, 0.717) is 18.4 Å². The zero-order valence-electron chi connectivity index (χ0n) is 12.2. The van der Waals surface area contributed by atoms with E-state index in [2.05, 4.69) is 23.3 Å². The van der Waals surface area contributed by atoms with E-state index in [1.54, 1.807) is 0 Å². The van der Waals surface area contributed by atoms with Gasteiger partial charge >= 0.3 is 0 Å². The zero-order chi connectivity index (χ0) is 14.1. The molecule has 4 heteroatoms. The lowest BCUT2D eigenvalue weighted by Gasteiger charge is -2.37. The van der Waals surface area contributed by atoms with Crippen LogP contribution >= 0.6 is 11.3 Å². The Bertz CT molecular complexity index is 481. The second kappa shape index (κ2) is 5.86. The van der Waals surface area contributed by atoms with Crippen molar-refractivity contribution < 1.29 is 4.79 Å². The summed E-state index contributed by atoms with van der Waals surface area (Å²) in [4.78, 5) is 16.2. The summed E-state index contributed by atoms with van der Waals surface area (Å²) in [6.07, 6.45) is 6.06. The van der Waals surface area contributed by atoms with Gasteiger partial charge in [0.1, 0.15) is 0 Å². The standard InChI is InChI=1S/C16H24N2OS/c1-2-3-12(17)10-15(19)18-8-6-14-13(7-9-20-14)16(18)11-4-5-11/h7,9,11-12,16H,2-6,8,10,17H2,1H3. The number of hydrogen-bond acceptors (Lipinski definition) is 3. The van der Waals surface area contributed by atoms with E-state index in [1.165, 1.54) is 23.3 Å². The van der Waals surface area contributed by atoms with Crippen LogP contribution in [-0.2, 0) is 11.2 Å². The molecule has 1 aromatic rings. The molecule has 1 saturated carbocycles. The Labute approximate surface area is 125 Å². The van der Waals surface area contributed by atoms with E-state index in [0.717, 1.165) is 25.8 Å². The molecule has 1 aliphatic heterocycles. The van der Waals surface area contributed by atoms with Crippen molar-refractivity contribution in [2.75, 3.05) is 6.54 Å². The highest BCUT2D eigenvalue weighted by Crippen LogP contribution is 2.48. The van der Waals surface area contributed by atoms with Crippen molar-refractivity contribution in [3.8, 4) is 0 Å².